The van der Waals surface area contributed by atoms with Crippen molar-refractivity contribution in [1.29, 1.82) is 0 Å². The molecule has 6 rings (SSSR count). The Kier molecular flexibility index (Phi) is 10.7. The fraction of sp³-hybridized carbons (Fsp3) is 0.258. The van der Waals surface area contributed by atoms with Crippen molar-refractivity contribution in [2.24, 2.45) is 10.9 Å². The molecule has 2 aliphatic heterocycles. The molecule has 2 atom stereocenters. The number of nitrogens with two attached hydrogens (primary N) is 2. The number of carbonyl (C=O) groups excluding carboxylic acids is 5. The van der Waals surface area contributed by atoms with Gasteiger partial charge in [-0.05, 0) is 50.6 Å². The summed E-state index contributed by atoms with van der Waals surface area (Å²) in [7, 11) is 0. The number of aliphatic carboxylic acids is 1. The Morgan fingerprint density at radius 2 is 1.86 bits per heavy atom. The minimum Gasteiger partial charge on any atom is -0.504 e. The van der Waals surface area contributed by atoms with E-state index in [0.717, 1.165) is 28.4 Å². The topological polar surface area (TPSA) is 332 Å². The summed E-state index contributed by atoms with van der Waals surface area (Å²) in [6.07, 6.45) is 0. The Morgan fingerprint density at radius 1 is 1.11 bits per heavy atom. The molecule has 1 fully saturated rings. The van der Waals surface area contributed by atoms with E-state index in [0.29, 0.717) is 16.3 Å². The second-order valence-electron chi connectivity index (χ2n) is 12.4. The number of oxime groups is 1. The highest BCUT2D eigenvalue weighted by Crippen LogP contribution is 2.41. The van der Waals surface area contributed by atoms with E-state index >= 15 is 0 Å². The molecule has 10 N–H and O–H groups in total. The Bertz CT molecular complexity index is 2390. The lowest BCUT2D eigenvalue weighted by Gasteiger charge is -2.49. The Balaban J connectivity index is 1.14. The van der Waals surface area contributed by atoms with Crippen LogP contribution in [-0.2, 0) is 24.0 Å². The molecule has 56 heavy (non-hydrogen) atoms. The van der Waals surface area contributed by atoms with Crippen LogP contribution in [0.3, 0.4) is 0 Å². The van der Waals surface area contributed by atoms with Gasteiger partial charge < -0.3 is 36.9 Å². The van der Waals surface area contributed by atoms with Crippen LogP contribution in [0.4, 0.5) is 5.13 Å². The molecule has 1 aromatic carbocycles. The monoisotopic (exact) mass is 826 g/mol. The fourth-order valence-electron chi connectivity index (χ4n) is 5.13. The molecule has 25 heteroatoms. The normalized spacial score (nSPS) is 16.9. The number of hydrogen-bond acceptors (Lipinski definition) is 18. The number of thiazole rings is 1. The van der Waals surface area contributed by atoms with Gasteiger partial charge in [0.25, 0.3) is 35.3 Å². The number of hydrogen-bond donors (Lipinski definition) is 8. The molecule has 0 radical (unpaired) electrons. The summed E-state index contributed by atoms with van der Waals surface area (Å²) in [4.78, 5) is 95.5. The van der Waals surface area contributed by atoms with E-state index in [-0.39, 0.29) is 45.2 Å². The number of hydrazine groups is 1. The van der Waals surface area contributed by atoms with Crippen molar-refractivity contribution in [3.05, 3.63) is 63.7 Å². The van der Waals surface area contributed by atoms with Crippen LogP contribution in [0.15, 0.2) is 51.1 Å². The molecule has 0 spiro atoms. The van der Waals surface area contributed by atoms with Crippen molar-refractivity contribution in [2.45, 2.75) is 42.8 Å². The number of amides is 5. The molecule has 0 bridgehead atoms. The van der Waals surface area contributed by atoms with Crippen molar-refractivity contribution in [3.63, 3.8) is 0 Å². The number of carboxylic acids is 1. The minimum absolute atomic E-state index is 0.0530. The Hall–Kier alpha value is -6.47. The van der Waals surface area contributed by atoms with Gasteiger partial charge in [0.1, 0.15) is 27.8 Å². The van der Waals surface area contributed by atoms with Gasteiger partial charge in [0.05, 0.1) is 0 Å². The smallest absolute Gasteiger partial charge is 0.352 e. The Labute approximate surface area is 326 Å². The SMILES string of the molecule is Cc1cc(SCC2=C(C(=O)O)N3C(=O)[C@@H](NC(=O)/C(=N/OC(C)(C)C(=O)NNC(=O)c4ccc(O)c(O)c4)c4csc(N)n4)[C@H]3SC2)n2nc(C(N)=O)nc2n1. The number of aromatic nitrogens is 5. The number of nitrogen functional groups attached to an aromatic ring is 1. The first-order valence-corrected chi connectivity index (χ1v) is 18.8. The van der Waals surface area contributed by atoms with Gasteiger partial charge in [0, 0.05) is 28.1 Å². The molecule has 4 aromatic rings. The van der Waals surface area contributed by atoms with Crippen LogP contribution in [0, 0.1) is 6.92 Å². The highest BCUT2D eigenvalue weighted by Gasteiger charge is 2.54. The third-order valence-electron chi connectivity index (χ3n) is 7.98. The zero-order chi connectivity index (χ0) is 40.6. The molecular weight excluding hydrogens is 797 g/mol. The van der Waals surface area contributed by atoms with E-state index in [9.17, 15) is 44.1 Å². The number of carbonyl (C=O) groups is 6. The molecule has 1 saturated heterocycles. The minimum atomic E-state index is -1.83. The van der Waals surface area contributed by atoms with Gasteiger partial charge in [-0.3, -0.25) is 39.7 Å². The lowest BCUT2D eigenvalue weighted by Crippen LogP contribution is -2.71. The van der Waals surface area contributed by atoms with Crippen molar-refractivity contribution in [2.75, 3.05) is 17.2 Å². The molecular formula is C31H30N12O10S3. The number of aromatic hydroxyl groups is 2. The van der Waals surface area contributed by atoms with Crippen molar-refractivity contribution >= 4 is 87.0 Å². The van der Waals surface area contributed by atoms with Crippen LogP contribution in [-0.4, -0.2) is 115 Å². The highest BCUT2D eigenvalue weighted by molar-refractivity contribution is 8.01. The molecule has 5 amide bonds. The number of β-lactam (4-membered cyclic amide) rings is 1. The average Bonchev–Trinajstić information content (AvgIpc) is 3.78. The van der Waals surface area contributed by atoms with Crippen LogP contribution in [0.5, 0.6) is 11.5 Å². The van der Waals surface area contributed by atoms with Gasteiger partial charge in [0.15, 0.2) is 22.3 Å². The van der Waals surface area contributed by atoms with Gasteiger partial charge in [-0.15, -0.1) is 40.0 Å². The van der Waals surface area contributed by atoms with Crippen LogP contribution in [0.1, 0.15) is 46.2 Å². The van der Waals surface area contributed by atoms with Crippen LogP contribution < -0.4 is 27.6 Å². The predicted octanol–water partition coefficient (Wildman–Crippen LogP) is -0.527. The summed E-state index contributed by atoms with van der Waals surface area (Å²) < 4.78 is 1.31. The van der Waals surface area contributed by atoms with E-state index in [1.54, 1.807) is 13.0 Å². The van der Waals surface area contributed by atoms with Gasteiger partial charge in [-0.25, -0.2) is 14.8 Å². The van der Waals surface area contributed by atoms with Crippen LogP contribution >= 0.6 is 34.9 Å². The predicted molar refractivity (Wildman–Crippen MR) is 198 cm³/mol. The third-order valence-corrected chi connectivity index (χ3v) is 11.1. The molecule has 22 nitrogen and oxygen atoms in total. The van der Waals surface area contributed by atoms with E-state index < -0.39 is 69.7 Å². The maximum atomic E-state index is 13.7. The van der Waals surface area contributed by atoms with Gasteiger partial charge >= 0.3 is 5.97 Å². The zero-order valence-corrected chi connectivity index (χ0v) is 31.6. The van der Waals surface area contributed by atoms with Gasteiger partial charge in [-0.2, -0.15) is 9.50 Å². The molecule has 0 saturated carbocycles. The second-order valence-corrected chi connectivity index (χ2v) is 15.4. The molecule has 0 unspecified atom stereocenters. The molecule has 0 aliphatic carbocycles. The first-order valence-electron chi connectivity index (χ1n) is 15.9. The van der Waals surface area contributed by atoms with E-state index in [2.05, 4.69) is 41.4 Å². The number of benzene rings is 1. The van der Waals surface area contributed by atoms with Crippen molar-refractivity contribution in [3.8, 4) is 11.5 Å². The third kappa shape index (κ3) is 7.85. The Morgan fingerprint density at radius 3 is 2.52 bits per heavy atom. The summed E-state index contributed by atoms with van der Waals surface area (Å²) in [5.74, 6) is -6.46. The summed E-state index contributed by atoms with van der Waals surface area (Å²) in [6.45, 7) is 4.26. The fourth-order valence-corrected chi connectivity index (χ4v) is 8.21. The quantitative estimate of drug-likeness (QED) is 0.0222. The maximum Gasteiger partial charge on any atom is 0.352 e. The number of phenols is 2. The average molecular weight is 827 g/mol. The standard InChI is InChI=1S/C31H30N12O10S3/c1-11-6-17(43-30(34-11)37-22(40-43)21(32)46)54-8-13-9-55-26-19(25(49)42(26)20(13)27(50)51)36-24(48)18(14-10-56-29(33)35-14)41-53-31(2,3)28(52)39-38-23(47)12-4-5-15(44)16(45)7-12/h4-7,10,19,26,44-45H,8-9H2,1-3H3,(H2,32,46)(H2,33,35)(H,36,48)(H,38,47)(H,39,52)(H,50,51)/b41-18+/t19-,26-/m1/s1. The number of phenolic OH excluding ortho intramolecular Hbond substituents is 2. The van der Waals surface area contributed by atoms with E-state index in [1.807, 2.05) is 0 Å². The number of nitrogens with one attached hydrogen (secondary N) is 3. The lowest BCUT2D eigenvalue weighted by molar-refractivity contribution is -0.150. The second kappa shape index (κ2) is 15.3. The van der Waals surface area contributed by atoms with Crippen molar-refractivity contribution in [1.82, 2.24) is 45.6 Å². The van der Waals surface area contributed by atoms with Gasteiger partial charge in [0.2, 0.25) is 11.4 Å². The number of rotatable bonds is 12. The van der Waals surface area contributed by atoms with Gasteiger partial charge in [-0.1, -0.05) is 5.16 Å². The number of primary amides is 1. The lowest BCUT2D eigenvalue weighted by atomic mass is 10.0. The van der Waals surface area contributed by atoms with Crippen molar-refractivity contribution < 1.29 is 48.9 Å². The number of fused-ring (bicyclic) bond motifs is 2. The number of nitrogens with zero attached hydrogens (tertiary/aromatic N) is 7. The number of aryl methyl sites for hydroxylation is 1. The van der Waals surface area contributed by atoms with E-state index in [1.165, 1.54) is 53.3 Å². The molecule has 5 heterocycles. The molecule has 3 aromatic heterocycles. The number of carboxylic acid groups (broad SMARTS) is 1. The first-order chi connectivity index (χ1) is 26.4. The largest absolute Gasteiger partial charge is 0.504 e. The summed E-state index contributed by atoms with van der Waals surface area (Å²) >= 11 is 3.38. The molecule has 2 aliphatic rings. The number of anilines is 1. The number of thioether (sulfide) groups is 2. The first kappa shape index (κ1) is 39.2. The summed E-state index contributed by atoms with van der Waals surface area (Å²) in [5.41, 5.74) is 13.7. The summed E-state index contributed by atoms with van der Waals surface area (Å²) in [6, 6.07) is 3.75. The highest BCUT2D eigenvalue weighted by atomic mass is 32.2. The van der Waals surface area contributed by atoms with Crippen LogP contribution in [0.2, 0.25) is 0 Å². The maximum absolute atomic E-state index is 13.7. The van der Waals surface area contributed by atoms with E-state index in [4.69, 9.17) is 16.3 Å². The van der Waals surface area contributed by atoms with Crippen LogP contribution in [0.25, 0.3) is 5.78 Å². The summed E-state index contributed by atoms with van der Waals surface area (Å²) in [5, 5.41) is 41.0. The molecule has 292 valence electrons. The zero-order valence-electron chi connectivity index (χ0n) is 29.2.